The molecule has 1 aliphatic rings. The molecule has 1 atom stereocenters. The van der Waals surface area contributed by atoms with Crippen molar-refractivity contribution >= 4 is 5.91 Å². The van der Waals surface area contributed by atoms with Crippen LogP contribution >= 0.6 is 0 Å². The molecule has 2 rings (SSSR count). The smallest absolute Gasteiger partial charge is 0.406 e. The summed E-state index contributed by atoms with van der Waals surface area (Å²) in [5.74, 6) is 0.187. The number of carbonyl (C=O) groups is 1. The van der Waals surface area contributed by atoms with E-state index in [2.05, 4.69) is 15.4 Å². The van der Waals surface area contributed by atoms with Gasteiger partial charge in [-0.1, -0.05) is 18.2 Å². The number of hydrogen-bond donors (Lipinski definition) is 2. The van der Waals surface area contributed by atoms with Gasteiger partial charge in [0.15, 0.2) is 0 Å². The molecule has 134 valence electrons. The molecule has 1 fully saturated rings. The first kappa shape index (κ1) is 18.6. The summed E-state index contributed by atoms with van der Waals surface area (Å²) in [6, 6.07) is 5.91. The third-order valence-corrected chi connectivity index (χ3v) is 4.09. The Morgan fingerprint density at radius 3 is 2.83 bits per heavy atom. The molecule has 0 saturated carbocycles. The fourth-order valence-corrected chi connectivity index (χ4v) is 2.86. The summed E-state index contributed by atoms with van der Waals surface area (Å²) < 4.78 is 41.1. The number of amides is 1. The van der Waals surface area contributed by atoms with Gasteiger partial charge in [-0.2, -0.15) is 0 Å². The van der Waals surface area contributed by atoms with Crippen LogP contribution < -0.4 is 15.4 Å². The molecule has 24 heavy (non-hydrogen) atoms. The minimum atomic E-state index is -4.73. The van der Waals surface area contributed by atoms with Gasteiger partial charge in [0, 0.05) is 13.0 Å². The lowest BCUT2D eigenvalue weighted by atomic mass is 9.96. The number of rotatable bonds is 7. The number of ether oxygens (including phenoxy) is 1. The van der Waals surface area contributed by atoms with E-state index in [1.807, 2.05) is 0 Å². The molecular formula is C17H23F3N2O2. The number of carbonyl (C=O) groups excluding carboxylic acids is 1. The Hall–Kier alpha value is -1.76. The molecule has 1 aromatic carbocycles. The maximum atomic E-state index is 12.4. The van der Waals surface area contributed by atoms with Crippen molar-refractivity contribution in [3.05, 3.63) is 29.8 Å². The second-order valence-electron chi connectivity index (χ2n) is 6.01. The fourth-order valence-electron chi connectivity index (χ4n) is 2.86. The lowest BCUT2D eigenvalue weighted by Crippen LogP contribution is -2.33. The molecule has 0 radical (unpaired) electrons. The van der Waals surface area contributed by atoms with E-state index in [0.717, 1.165) is 25.9 Å². The van der Waals surface area contributed by atoms with E-state index >= 15 is 0 Å². The van der Waals surface area contributed by atoms with Gasteiger partial charge in [0.2, 0.25) is 5.91 Å². The van der Waals surface area contributed by atoms with Crippen LogP contribution in [0.5, 0.6) is 5.75 Å². The summed E-state index contributed by atoms with van der Waals surface area (Å²) in [6.45, 7) is 2.65. The molecule has 0 spiro atoms. The Balaban J connectivity index is 1.73. The molecule has 0 aliphatic carbocycles. The Morgan fingerprint density at radius 1 is 1.33 bits per heavy atom. The first-order valence-electron chi connectivity index (χ1n) is 8.25. The Morgan fingerprint density at radius 2 is 2.12 bits per heavy atom. The predicted molar refractivity (Wildman–Crippen MR) is 84.7 cm³/mol. The van der Waals surface area contributed by atoms with Crippen molar-refractivity contribution in [2.24, 2.45) is 5.92 Å². The van der Waals surface area contributed by atoms with Crippen molar-refractivity contribution in [3.8, 4) is 5.75 Å². The molecule has 1 aliphatic heterocycles. The maximum Gasteiger partial charge on any atom is 0.573 e. The summed E-state index contributed by atoms with van der Waals surface area (Å²) in [7, 11) is 0. The van der Waals surface area contributed by atoms with Gasteiger partial charge in [-0.25, -0.2) is 0 Å². The Labute approximate surface area is 139 Å². The minimum absolute atomic E-state index is 0.140. The summed E-state index contributed by atoms with van der Waals surface area (Å²) in [5.41, 5.74) is 0.376. The SMILES string of the molecule is O=C(CCc1ccccc1OC(F)(F)F)NCCC1CCCNC1. The zero-order valence-corrected chi connectivity index (χ0v) is 13.5. The van der Waals surface area contributed by atoms with E-state index in [4.69, 9.17) is 0 Å². The maximum absolute atomic E-state index is 12.4. The summed E-state index contributed by atoms with van der Waals surface area (Å²) >= 11 is 0. The van der Waals surface area contributed by atoms with E-state index < -0.39 is 6.36 Å². The number of hydrogen-bond acceptors (Lipinski definition) is 3. The minimum Gasteiger partial charge on any atom is -0.406 e. The first-order valence-corrected chi connectivity index (χ1v) is 8.25. The third-order valence-electron chi connectivity index (χ3n) is 4.09. The van der Waals surface area contributed by atoms with Gasteiger partial charge in [-0.3, -0.25) is 4.79 Å². The van der Waals surface area contributed by atoms with Crippen molar-refractivity contribution in [2.75, 3.05) is 19.6 Å². The van der Waals surface area contributed by atoms with E-state index in [1.54, 1.807) is 12.1 Å². The van der Waals surface area contributed by atoms with Gasteiger partial charge in [0.25, 0.3) is 0 Å². The number of halogens is 3. The number of aryl methyl sites for hydroxylation is 1. The van der Waals surface area contributed by atoms with Crippen molar-refractivity contribution in [2.45, 2.75) is 38.5 Å². The van der Waals surface area contributed by atoms with Crippen LogP contribution in [-0.2, 0) is 11.2 Å². The van der Waals surface area contributed by atoms with E-state index in [1.165, 1.54) is 18.6 Å². The number of piperidine rings is 1. The van der Waals surface area contributed by atoms with Gasteiger partial charge in [0.05, 0.1) is 0 Å². The number of benzene rings is 1. The second-order valence-corrected chi connectivity index (χ2v) is 6.01. The molecule has 0 aromatic heterocycles. The lowest BCUT2D eigenvalue weighted by Gasteiger charge is -2.22. The van der Waals surface area contributed by atoms with Crippen molar-refractivity contribution < 1.29 is 22.7 Å². The molecule has 1 saturated heterocycles. The van der Waals surface area contributed by atoms with E-state index in [9.17, 15) is 18.0 Å². The molecule has 2 N–H and O–H groups in total. The zero-order chi connectivity index (χ0) is 17.4. The van der Waals surface area contributed by atoms with Crippen LogP contribution in [0.2, 0.25) is 0 Å². The fraction of sp³-hybridized carbons (Fsp3) is 0.588. The highest BCUT2D eigenvalue weighted by atomic mass is 19.4. The van der Waals surface area contributed by atoms with Crippen LogP contribution in [0.3, 0.4) is 0 Å². The van der Waals surface area contributed by atoms with Crippen LogP contribution in [0.15, 0.2) is 24.3 Å². The highest BCUT2D eigenvalue weighted by Crippen LogP contribution is 2.26. The molecule has 1 unspecified atom stereocenters. The van der Waals surface area contributed by atoms with Crippen LogP contribution in [0.4, 0.5) is 13.2 Å². The Bertz CT molecular complexity index is 529. The van der Waals surface area contributed by atoms with Gasteiger partial charge >= 0.3 is 6.36 Å². The van der Waals surface area contributed by atoms with Crippen LogP contribution in [0, 0.1) is 5.92 Å². The van der Waals surface area contributed by atoms with Gasteiger partial charge in [-0.15, -0.1) is 13.2 Å². The second kappa shape index (κ2) is 8.92. The molecule has 0 bridgehead atoms. The number of para-hydroxylation sites is 1. The van der Waals surface area contributed by atoms with E-state index in [-0.39, 0.29) is 24.5 Å². The first-order chi connectivity index (χ1) is 11.4. The average Bonchev–Trinajstić information content (AvgIpc) is 2.54. The quantitative estimate of drug-likeness (QED) is 0.799. The van der Waals surface area contributed by atoms with Crippen molar-refractivity contribution in [1.82, 2.24) is 10.6 Å². The Kier molecular flexibility index (Phi) is 6.90. The highest BCUT2D eigenvalue weighted by Gasteiger charge is 2.31. The third kappa shape index (κ3) is 6.78. The van der Waals surface area contributed by atoms with Crippen LogP contribution in [0.25, 0.3) is 0 Å². The molecule has 7 heteroatoms. The average molecular weight is 344 g/mol. The van der Waals surface area contributed by atoms with Crippen molar-refractivity contribution in [3.63, 3.8) is 0 Å². The summed E-state index contributed by atoms with van der Waals surface area (Å²) in [6.07, 6.45) is -1.12. The zero-order valence-electron chi connectivity index (χ0n) is 13.5. The number of alkyl halides is 3. The molecule has 1 aromatic rings. The predicted octanol–water partition coefficient (Wildman–Crippen LogP) is 3.02. The van der Waals surface area contributed by atoms with Crippen LogP contribution in [-0.4, -0.2) is 31.9 Å². The molecule has 1 heterocycles. The molecular weight excluding hydrogens is 321 g/mol. The standard InChI is InChI=1S/C17H23F3N2O2/c18-17(19,20)24-15-6-2-1-5-14(15)7-8-16(23)22-11-9-13-4-3-10-21-12-13/h1-2,5-6,13,21H,3-4,7-12H2,(H,22,23). The highest BCUT2D eigenvalue weighted by molar-refractivity contribution is 5.76. The van der Waals surface area contributed by atoms with Gasteiger partial charge in [-0.05, 0) is 56.3 Å². The van der Waals surface area contributed by atoms with Crippen molar-refractivity contribution in [1.29, 1.82) is 0 Å². The van der Waals surface area contributed by atoms with Gasteiger partial charge in [0.1, 0.15) is 5.75 Å². The van der Waals surface area contributed by atoms with Gasteiger partial charge < -0.3 is 15.4 Å². The normalized spacial score (nSPS) is 18.2. The largest absolute Gasteiger partial charge is 0.573 e. The summed E-state index contributed by atoms with van der Waals surface area (Å²) in [4.78, 5) is 11.9. The number of nitrogens with one attached hydrogen (secondary N) is 2. The molecule has 1 amide bonds. The monoisotopic (exact) mass is 344 g/mol. The topological polar surface area (TPSA) is 50.4 Å². The summed E-state index contributed by atoms with van der Waals surface area (Å²) in [5, 5.41) is 6.16. The lowest BCUT2D eigenvalue weighted by molar-refractivity contribution is -0.274. The van der Waals surface area contributed by atoms with E-state index in [0.29, 0.717) is 18.0 Å². The molecule has 4 nitrogen and oxygen atoms in total. The van der Waals surface area contributed by atoms with Crippen LogP contribution in [0.1, 0.15) is 31.2 Å².